The molecule has 0 unspecified atom stereocenters. The molecule has 2 rings (SSSR count). The minimum Gasteiger partial charge on any atom is -0.497 e. The van der Waals surface area contributed by atoms with E-state index in [9.17, 15) is 9.59 Å². The fourth-order valence-corrected chi connectivity index (χ4v) is 3.51. The van der Waals surface area contributed by atoms with Crippen molar-refractivity contribution < 1.29 is 19.2 Å². The third-order valence-corrected chi connectivity index (χ3v) is 5.22. The monoisotopic (exact) mass is 366 g/mol. The summed E-state index contributed by atoms with van der Waals surface area (Å²) in [5, 5.41) is 2.91. The molecular weight excluding hydrogens is 338 g/mol. The standard InChI is InChI=1S/C18H27N3O3S/c1-3-8-19-17(22)13-20-9-11-21(12-10-20)18(23)14-25-16-6-4-15(24-2)5-7-16/h4-7H,3,8-14H2,1-2H3,(H,19,22)/p+1. The molecule has 0 saturated carbocycles. The first-order valence-electron chi connectivity index (χ1n) is 8.77. The summed E-state index contributed by atoms with van der Waals surface area (Å²) < 4.78 is 5.13. The summed E-state index contributed by atoms with van der Waals surface area (Å²) >= 11 is 1.54. The van der Waals surface area contributed by atoms with Crippen molar-refractivity contribution in [3.05, 3.63) is 24.3 Å². The van der Waals surface area contributed by atoms with E-state index in [2.05, 4.69) is 5.32 Å². The zero-order valence-corrected chi connectivity index (χ0v) is 15.9. The summed E-state index contributed by atoms with van der Waals surface area (Å²) in [6.07, 6.45) is 0.954. The van der Waals surface area contributed by atoms with E-state index in [0.717, 1.165) is 49.8 Å². The van der Waals surface area contributed by atoms with Gasteiger partial charge in [0.25, 0.3) is 5.91 Å². The lowest BCUT2D eigenvalue weighted by Gasteiger charge is -2.31. The second-order valence-corrected chi connectivity index (χ2v) is 7.17. The molecule has 1 aromatic carbocycles. The number of carbonyl (C=O) groups is 2. The zero-order chi connectivity index (χ0) is 18.1. The van der Waals surface area contributed by atoms with Crippen LogP contribution in [0.2, 0.25) is 0 Å². The van der Waals surface area contributed by atoms with E-state index in [1.54, 1.807) is 18.9 Å². The van der Waals surface area contributed by atoms with Crippen LogP contribution in [-0.2, 0) is 9.59 Å². The fraction of sp³-hybridized carbons (Fsp3) is 0.556. The number of rotatable bonds is 8. The van der Waals surface area contributed by atoms with E-state index in [-0.39, 0.29) is 11.8 Å². The van der Waals surface area contributed by atoms with Crippen LogP contribution in [0.1, 0.15) is 13.3 Å². The molecule has 0 bridgehead atoms. The fourth-order valence-electron chi connectivity index (χ4n) is 2.71. The van der Waals surface area contributed by atoms with Gasteiger partial charge in [-0.05, 0) is 30.7 Å². The van der Waals surface area contributed by atoms with Gasteiger partial charge in [-0.25, -0.2) is 0 Å². The quantitative estimate of drug-likeness (QED) is 0.638. The zero-order valence-electron chi connectivity index (χ0n) is 15.0. The van der Waals surface area contributed by atoms with Crippen molar-refractivity contribution in [2.24, 2.45) is 0 Å². The van der Waals surface area contributed by atoms with Crippen LogP contribution in [0.4, 0.5) is 0 Å². The second kappa shape index (κ2) is 10.3. The Hall–Kier alpha value is -1.73. The highest BCUT2D eigenvalue weighted by atomic mass is 32.2. The molecule has 6 nitrogen and oxygen atoms in total. The van der Waals surface area contributed by atoms with Crippen molar-refractivity contribution in [2.75, 3.05) is 52.1 Å². The van der Waals surface area contributed by atoms with E-state index >= 15 is 0 Å². The second-order valence-electron chi connectivity index (χ2n) is 6.12. The minimum atomic E-state index is 0.103. The smallest absolute Gasteiger partial charge is 0.275 e. The van der Waals surface area contributed by atoms with Crippen molar-refractivity contribution in [1.82, 2.24) is 10.2 Å². The molecule has 0 aliphatic carbocycles. The van der Waals surface area contributed by atoms with Crippen LogP contribution in [0, 0.1) is 0 Å². The first-order valence-corrected chi connectivity index (χ1v) is 9.75. The van der Waals surface area contributed by atoms with Gasteiger partial charge in [-0.2, -0.15) is 0 Å². The first kappa shape index (κ1) is 19.6. The molecule has 25 heavy (non-hydrogen) atoms. The lowest BCUT2D eigenvalue weighted by Crippen LogP contribution is -3.15. The number of nitrogens with zero attached hydrogens (tertiary/aromatic N) is 1. The Morgan fingerprint density at radius 2 is 1.92 bits per heavy atom. The van der Waals surface area contributed by atoms with E-state index in [0.29, 0.717) is 12.3 Å². The summed E-state index contributed by atoms with van der Waals surface area (Å²) in [6.45, 7) is 6.39. The summed E-state index contributed by atoms with van der Waals surface area (Å²) in [7, 11) is 1.64. The van der Waals surface area contributed by atoms with Crippen LogP contribution >= 0.6 is 11.8 Å². The Labute approximate surface area is 153 Å². The minimum absolute atomic E-state index is 0.103. The van der Waals surface area contributed by atoms with Crippen LogP contribution in [0.25, 0.3) is 0 Å². The summed E-state index contributed by atoms with van der Waals surface area (Å²) in [4.78, 5) is 28.3. The van der Waals surface area contributed by atoms with Crippen molar-refractivity contribution >= 4 is 23.6 Å². The molecule has 1 heterocycles. The Bertz CT molecular complexity index is 557. The van der Waals surface area contributed by atoms with Crippen molar-refractivity contribution in [1.29, 1.82) is 0 Å². The van der Waals surface area contributed by atoms with Gasteiger partial charge in [0, 0.05) is 11.4 Å². The Morgan fingerprint density at radius 3 is 2.52 bits per heavy atom. The number of amides is 2. The van der Waals surface area contributed by atoms with Gasteiger partial charge in [0.1, 0.15) is 5.75 Å². The maximum atomic E-state index is 12.4. The largest absolute Gasteiger partial charge is 0.497 e. The number of hydrogen-bond donors (Lipinski definition) is 2. The van der Waals surface area contributed by atoms with Crippen LogP contribution < -0.4 is 15.0 Å². The van der Waals surface area contributed by atoms with Crippen LogP contribution in [0.3, 0.4) is 0 Å². The van der Waals surface area contributed by atoms with Gasteiger partial charge < -0.3 is 19.9 Å². The number of piperazine rings is 1. The SMILES string of the molecule is CCCNC(=O)C[NH+]1CCN(C(=O)CSc2ccc(OC)cc2)CC1. The molecule has 0 atom stereocenters. The van der Waals surface area contributed by atoms with Gasteiger partial charge in [0.15, 0.2) is 6.54 Å². The van der Waals surface area contributed by atoms with Crippen LogP contribution in [0.15, 0.2) is 29.2 Å². The highest BCUT2D eigenvalue weighted by Gasteiger charge is 2.24. The van der Waals surface area contributed by atoms with E-state index in [4.69, 9.17) is 4.74 Å². The molecule has 7 heteroatoms. The maximum absolute atomic E-state index is 12.4. The molecule has 2 amide bonds. The Kier molecular flexibility index (Phi) is 8.08. The molecule has 0 radical (unpaired) electrons. The van der Waals surface area contributed by atoms with E-state index < -0.39 is 0 Å². The summed E-state index contributed by atoms with van der Waals surface area (Å²) in [5.41, 5.74) is 0. The van der Waals surface area contributed by atoms with Gasteiger partial charge in [0.2, 0.25) is 5.91 Å². The number of benzene rings is 1. The molecule has 138 valence electrons. The number of thioether (sulfide) groups is 1. The first-order chi connectivity index (χ1) is 12.1. The number of hydrogen-bond acceptors (Lipinski definition) is 4. The summed E-state index contributed by atoms with van der Waals surface area (Å²) in [5.74, 6) is 1.53. The van der Waals surface area contributed by atoms with E-state index in [1.807, 2.05) is 36.1 Å². The molecule has 1 saturated heterocycles. The molecule has 1 aliphatic heterocycles. The molecule has 0 spiro atoms. The van der Waals surface area contributed by atoms with Crippen molar-refractivity contribution in [3.8, 4) is 5.75 Å². The highest BCUT2D eigenvalue weighted by molar-refractivity contribution is 8.00. The number of ether oxygens (including phenoxy) is 1. The van der Waals surface area contributed by atoms with Crippen LogP contribution in [0.5, 0.6) is 5.75 Å². The molecule has 1 aliphatic rings. The third kappa shape index (κ3) is 6.59. The Balaban J connectivity index is 1.69. The third-order valence-electron chi connectivity index (χ3n) is 4.23. The highest BCUT2D eigenvalue weighted by Crippen LogP contribution is 2.21. The Morgan fingerprint density at radius 1 is 1.24 bits per heavy atom. The van der Waals surface area contributed by atoms with Crippen molar-refractivity contribution in [2.45, 2.75) is 18.2 Å². The topological polar surface area (TPSA) is 63.1 Å². The van der Waals surface area contributed by atoms with Crippen molar-refractivity contribution in [3.63, 3.8) is 0 Å². The summed E-state index contributed by atoms with van der Waals surface area (Å²) in [6, 6.07) is 7.73. The number of quaternary nitrogens is 1. The van der Waals surface area contributed by atoms with Gasteiger partial charge in [0.05, 0.1) is 39.0 Å². The average molecular weight is 367 g/mol. The number of carbonyl (C=O) groups excluding carboxylic acids is 2. The average Bonchev–Trinajstić information content (AvgIpc) is 2.65. The lowest BCUT2D eigenvalue weighted by atomic mass is 10.3. The van der Waals surface area contributed by atoms with Gasteiger partial charge in [-0.15, -0.1) is 11.8 Å². The molecule has 0 aromatic heterocycles. The van der Waals surface area contributed by atoms with Gasteiger partial charge in [-0.3, -0.25) is 9.59 Å². The molecule has 2 N–H and O–H groups in total. The molecule has 1 fully saturated rings. The molecular formula is C18H28N3O3S+. The number of methoxy groups -OCH3 is 1. The molecule has 1 aromatic rings. The predicted octanol–water partition coefficient (Wildman–Crippen LogP) is 0.0406. The lowest BCUT2D eigenvalue weighted by molar-refractivity contribution is -0.896. The van der Waals surface area contributed by atoms with Crippen LogP contribution in [-0.4, -0.2) is 68.8 Å². The maximum Gasteiger partial charge on any atom is 0.275 e. The van der Waals surface area contributed by atoms with Gasteiger partial charge in [-0.1, -0.05) is 6.92 Å². The van der Waals surface area contributed by atoms with E-state index in [1.165, 1.54) is 4.90 Å². The predicted molar refractivity (Wildman–Crippen MR) is 99.2 cm³/mol. The number of nitrogens with one attached hydrogen (secondary N) is 2. The normalized spacial score (nSPS) is 15.0. The van der Waals surface area contributed by atoms with Gasteiger partial charge >= 0.3 is 0 Å².